The maximum atomic E-state index is 13.8. The molecule has 0 radical (unpaired) electrons. The number of aryl methyl sites for hydroxylation is 4. The smallest absolute Gasteiger partial charge is 0.396 e. The third-order valence-corrected chi connectivity index (χ3v) is 25.1. The van der Waals surface area contributed by atoms with E-state index < -0.39 is 57.0 Å². The highest BCUT2D eigenvalue weighted by atomic mass is 32.2. The lowest BCUT2D eigenvalue weighted by Crippen LogP contribution is -2.18. The van der Waals surface area contributed by atoms with Gasteiger partial charge in [-0.3, -0.25) is 0 Å². The van der Waals surface area contributed by atoms with Crippen molar-refractivity contribution < 1.29 is 76.4 Å². The van der Waals surface area contributed by atoms with E-state index in [0.29, 0.717) is 135 Å². The van der Waals surface area contributed by atoms with Gasteiger partial charge in [0.2, 0.25) is 30.5 Å². The van der Waals surface area contributed by atoms with Crippen molar-refractivity contribution >= 4 is 120 Å². The SMILES string of the molecule is Cc1cc(-c2nnc(NCC3(CO)CC3)s2)nc2c(C(F)(F)F)cc(C3CC3)cc12.Cc1cc(-c2nnc(NCCCCO)s2)nc2c(C(F)(F)F)cc(C3CC3)cc12.Cc1cc(-c2nnc(NCCCS(N)(=O)=O)s2)nc2c(C(F)(F)F)cc(C3CC3)cc12.Cc1cc(-c2nnc(NCCO)s2)nc2c(C(F)(F)F)cc(C3CC3)cc12. The zero-order valence-electron chi connectivity index (χ0n) is 63.3. The van der Waals surface area contributed by atoms with Crippen LogP contribution < -0.4 is 26.4 Å². The van der Waals surface area contributed by atoms with Crippen molar-refractivity contribution in [2.24, 2.45) is 10.6 Å². The lowest BCUT2D eigenvalue weighted by molar-refractivity contribution is -0.137. The van der Waals surface area contributed by atoms with E-state index in [9.17, 15) is 66.2 Å². The molecule has 22 nitrogen and oxygen atoms in total. The van der Waals surface area contributed by atoms with Gasteiger partial charge >= 0.3 is 24.7 Å². The van der Waals surface area contributed by atoms with Gasteiger partial charge in [-0.2, -0.15) is 52.7 Å². The van der Waals surface area contributed by atoms with Crippen LogP contribution in [0.4, 0.5) is 73.2 Å². The first kappa shape index (κ1) is 84.4. The van der Waals surface area contributed by atoms with Crippen LogP contribution in [0, 0.1) is 33.1 Å². The fourth-order valence-corrected chi connectivity index (χ4v) is 16.9. The molecule has 9 N–H and O–H groups in total. The van der Waals surface area contributed by atoms with Crippen LogP contribution in [0.15, 0.2) is 72.8 Å². The zero-order chi connectivity index (χ0) is 83.3. The number of nitrogens with one attached hydrogen (secondary N) is 4. The molecular weight excluding hydrogens is 1640 g/mol. The summed E-state index contributed by atoms with van der Waals surface area (Å²) >= 11 is 4.83. The molecule has 0 amide bonds. The molecule has 8 heterocycles. The molecule has 0 unspecified atom stereocenters. The van der Waals surface area contributed by atoms with E-state index in [-0.39, 0.29) is 76.7 Å². The van der Waals surface area contributed by atoms with Gasteiger partial charge in [0.25, 0.3) is 0 Å². The van der Waals surface area contributed by atoms with Gasteiger partial charge in [-0.15, -0.1) is 40.8 Å². The van der Waals surface area contributed by atoms with E-state index in [1.807, 2.05) is 31.2 Å². The van der Waals surface area contributed by atoms with Gasteiger partial charge in [0.05, 0.1) is 63.3 Å². The molecule has 117 heavy (non-hydrogen) atoms. The van der Waals surface area contributed by atoms with Gasteiger partial charge in [0.1, 0.15) is 22.8 Å². The second-order valence-corrected chi connectivity index (χ2v) is 35.7. The number of aliphatic hydroxyl groups is 3. The van der Waals surface area contributed by atoms with Gasteiger partial charge in [0.15, 0.2) is 20.0 Å². The zero-order valence-corrected chi connectivity index (χ0v) is 67.3. The van der Waals surface area contributed by atoms with E-state index in [1.165, 1.54) is 58.3 Å². The van der Waals surface area contributed by atoms with Crippen molar-refractivity contribution in [2.45, 2.75) is 160 Å². The van der Waals surface area contributed by atoms with Crippen LogP contribution in [0.25, 0.3) is 86.4 Å². The standard InChI is InChI=1S/C21H21F3N4OS.C20H21F3N4OS.C19H20F3N5O2S2.C18H17F3N4OS/c1-11-6-16(18-27-28-19(30-18)25-9-20(10-29)4-5-20)26-17-14(11)7-13(12-2-3-12)8-15(17)21(22,23)24;1-11-8-16(18-26-27-19(29-18)24-6-2-3-7-28)25-17-14(11)9-13(12-4-5-12)10-15(17)20(21,22)23;1-10-7-15(17-26-27-18(30-17)24-5-2-6-31(23,28)29)25-16-13(10)8-12(11-3-4-11)9-14(16)19(20,21)22;1-9-6-14(16-24-25-17(27-16)22-4-5-26)23-15-12(9)7-11(10-2-3-10)8-13(15)18(19,20)21/h6-8,12,29H,2-5,9-10H2,1H3,(H,25,28);8-10,12,28H,2-7H2,1H3,(H,24,27);7-9,11H,2-6H2,1H3,(H,24,27)(H2,23,28,29);6-8,10,26H,2-5H2,1H3,(H,22,25). The Morgan fingerprint density at radius 2 is 0.675 bits per heavy atom. The molecule has 17 rings (SSSR count). The van der Waals surface area contributed by atoms with E-state index in [0.717, 1.165) is 115 Å². The number of hydrogen-bond donors (Lipinski definition) is 8. The predicted octanol–water partition coefficient (Wildman–Crippen LogP) is 18.7. The second kappa shape index (κ2) is 34.0. The number of pyridine rings is 4. The lowest BCUT2D eigenvalue weighted by atomic mass is 9.98. The third-order valence-electron chi connectivity index (χ3n) is 20.6. The van der Waals surface area contributed by atoms with Crippen molar-refractivity contribution in [3.8, 4) is 42.8 Å². The molecule has 0 aliphatic heterocycles. The molecule has 8 aromatic heterocycles. The maximum Gasteiger partial charge on any atom is 0.418 e. The number of aliphatic hydroxyl groups excluding tert-OH is 3. The van der Waals surface area contributed by atoms with Gasteiger partial charge in [-0.05, 0) is 252 Å². The average Bonchev–Trinajstić information content (AvgIpc) is 1.31. The average molecular weight is 1720 g/mol. The number of alkyl halides is 12. The summed E-state index contributed by atoms with van der Waals surface area (Å²) in [4.78, 5) is 17.3. The van der Waals surface area contributed by atoms with Gasteiger partial charge in [-0.25, -0.2) is 33.5 Å². The highest BCUT2D eigenvalue weighted by Crippen LogP contribution is 2.51. The Morgan fingerprint density at radius 3 is 0.923 bits per heavy atom. The third kappa shape index (κ3) is 20.6. The summed E-state index contributed by atoms with van der Waals surface area (Å²) in [5.74, 6) is 0.691. The van der Waals surface area contributed by atoms with Crippen molar-refractivity contribution in [2.75, 3.05) is 73.0 Å². The van der Waals surface area contributed by atoms with Gasteiger partial charge < -0.3 is 36.6 Å². The summed E-state index contributed by atoms with van der Waals surface area (Å²) < 4.78 is 187. The minimum absolute atomic E-state index is 0.0374. The minimum atomic E-state index is -4.52. The Kier molecular flexibility index (Phi) is 24.5. The number of nitrogens with zero attached hydrogens (tertiary/aromatic N) is 12. The Hall–Kier alpha value is -9.09. The Bertz CT molecular complexity index is 5780. The Morgan fingerprint density at radius 1 is 0.393 bits per heavy atom. The number of aromatic nitrogens is 12. The largest absolute Gasteiger partial charge is 0.418 e. The number of hydrogen-bond acceptors (Lipinski definition) is 25. The Labute approximate surface area is 678 Å². The van der Waals surface area contributed by atoms with Gasteiger partial charge in [0, 0.05) is 59.7 Å². The highest BCUT2D eigenvalue weighted by molar-refractivity contribution is 7.89. The van der Waals surface area contributed by atoms with Gasteiger partial charge in [-0.1, -0.05) is 45.3 Å². The van der Waals surface area contributed by atoms with Crippen molar-refractivity contribution in [3.05, 3.63) is 140 Å². The second-order valence-electron chi connectivity index (χ2n) is 30.1. The van der Waals surface area contributed by atoms with Crippen LogP contribution in [0.5, 0.6) is 0 Å². The molecular formula is C78H79F12N17O5S5. The molecule has 5 aliphatic rings. The molecule has 620 valence electrons. The van der Waals surface area contributed by atoms with Crippen LogP contribution in [0.3, 0.4) is 0 Å². The monoisotopic (exact) mass is 1720 g/mol. The first-order valence-electron chi connectivity index (χ1n) is 37.8. The first-order valence-corrected chi connectivity index (χ1v) is 42.7. The molecule has 0 bridgehead atoms. The van der Waals surface area contributed by atoms with E-state index in [4.69, 9.17) is 15.4 Å². The quantitative estimate of drug-likeness (QED) is 0.0195. The number of primary sulfonamides is 1. The summed E-state index contributed by atoms with van der Waals surface area (Å²) in [6, 6.07) is 19.3. The van der Waals surface area contributed by atoms with Crippen LogP contribution in [0.2, 0.25) is 0 Å². The number of benzene rings is 4. The number of halogens is 12. The van der Waals surface area contributed by atoms with E-state index in [2.05, 4.69) is 82.0 Å². The van der Waals surface area contributed by atoms with Crippen LogP contribution >= 0.6 is 45.3 Å². The van der Waals surface area contributed by atoms with E-state index >= 15 is 0 Å². The van der Waals surface area contributed by atoms with Crippen LogP contribution in [-0.4, -0.2) is 136 Å². The molecule has 5 fully saturated rings. The number of fused-ring (bicyclic) bond motifs is 4. The summed E-state index contributed by atoms with van der Waals surface area (Å²) in [5.41, 5.74) is 4.16. The molecule has 0 atom stereocenters. The summed E-state index contributed by atoms with van der Waals surface area (Å²) in [7, 11) is -3.54. The summed E-state index contributed by atoms with van der Waals surface area (Å²) in [6.07, 6.45) is -6.81. The fraction of sp³-hybridized carbons (Fsp3) is 0.436. The number of nitrogens with two attached hydrogens (primary N) is 1. The molecule has 5 saturated carbocycles. The highest BCUT2D eigenvalue weighted by Gasteiger charge is 2.43. The molecule has 4 aromatic carbocycles. The van der Waals surface area contributed by atoms with Crippen molar-refractivity contribution in [3.63, 3.8) is 0 Å². The normalized spacial score (nSPS) is 15.6. The summed E-state index contributed by atoms with van der Waals surface area (Å²) in [5, 5.41) is 82.4. The summed E-state index contributed by atoms with van der Waals surface area (Å²) in [6.45, 7) is 9.24. The number of anilines is 4. The van der Waals surface area contributed by atoms with Crippen LogP contribution in [0.1, 0.15) is 174 Å². The molecule has 39 heteroatoms. The van der Waals surface area contributed by atoms with Crippen LogP contribution in [-0.2, 0) is 34.7 Å². The molecule has 0 saturated heterocycles. The fourth-order valence-electron chi connectivity index (χ4n) is 13.5. The van der Waals surface area contributed by atoms with Crippen molar-refractivity contribution in [1.82, 2.24) is 60.7 Å². The topological polar surface area (TPSA) is 324 Å². The Balaban J connectivity index is 0.000000129. The molecule has 12 aromatic rings. The molecule has 5 aliphatic carbocycles. The lowest BCUT2D eigenvalue weighted by Gasteiger charge is -2.14. The van der Waals surface area contributed by atoms with E-state index in [1.54, 1.807) is 45.0 Å². The number of unbranched alkanes of at least 4 members (excludes halogenated alkanes) is 1. The molecule has 0 spiro atoms. The maximum absolute atomic E-state index is 13.8. The number of rotatable bonds is 25. The van der Waals surface area contributed by atoms with Crippen molar-refractivity contribution in [1.29, 1.82) is 0 Å². The number of sulfonamides is 1. The predicted molar refractivity (Wildman–Crippen MR) is 428 cm³/mol. The minimum Gasteiger partial charge on any atom is -0.396 e. The first-order chi connectivity index (χ1) is 55.5.